The summed E-state index contributed by atoms with van der Waals surface area (Å²) in [6.07, 6.45) is 1.96. The van der Waals surface area contributed by atoms with Crippen molar-refractivity contribution in [2.24, 2.45) is 0 Å². The van der Waals surface area contributed by atoms with Gasteiger partial charge in [-0.1, -0.05) is 29.8 Å². The van der Waals surface area contributed by atoms with Crippen LogP contribution >= 0.6 is 0 Å². The van der Waals surface area contributed by atoms with Crippen LogP contribution in [0, 0.1) is 6.92 Å². The second kappa shape index (κ2) is 6.77. The van der Waals surface area contributed by atoms with Crippen molar-refractivity contribution >= 4 is 11.6 Å². The molecule has 0 N–H and O–H groups in total. The molecule has 1 heterocycles. The van der Waals surface area contributed by atoms with Gasteiger partial charge in [0, 0.05) is 16.6 Å². The van der Waals surface area contributed by atoms with Crippen molar-refractivity contribution in [1.82, 2.24) is 5.06 Å². The molecule has 1 aromatic carbocycles. The molecule has 1 unspecified atom stereocenters. The Morgan fingerprint density at radius 3 is 2.00 bits per heavy atom. The van der Waals surface area contributed by atoms with Gasteiger partial charge in [-0.2, -0.15) is 5.06 Å². The summed E-state index contributed by atoms with van der Waals surface area (Å²) in [5.41, 5.74) is 1.14. The summed E-state index contributed by atoms with van der Waals surface area (Å²) in [6, 6.07) is 7.26. The van der Waals surface area contributed by atoms with Gasteiger partial charge in [0.25, 0.3) is 0 Å². The van der Waals surface area contributed by atoms with Crippen LogP contribution in [0.4, 0.5) is 0 Å². The molecule has 0 spiro atoms. The maximum atomic E-state index is 12.8. The van der Waals surface area contributed by atoms with Crippen LogP contribution in [0.3, 0.4) is 0 Å². The van der Waals surface area contributed by atoms with Gasteiger partial charge < -0.3 is 0 Å². The van der Waals surface area contributed by atoms with Crippen molar-refractivity contribution in [3.05, 3.63) is 35.4 Å². The van der Waals surface area contributed by atoms with Crippen molar-refractivity contribution < 1.29 is 14.4 Å². The Morgan fingerprint density at radius 1 is 1.04 bits per heavy atom. The van der Waals surface area contributed by atoms with E-state index in [0.717, 1.165) is 24.8 Å². The fraction of sp³-hybridized carbons (Fsp3) is 0.600. The minimum absolute atomic E-state index is 0.219. The molecule has 1 aromatic rings. The van der Waals surface area contributed by atoms with E-state index in [9.17, 15) is 9.59 Å². The van der Waals surface area contributed by atoms with Crippen LogP contribution in [0.5, 0.6) is 0 Å². The summed E-state index contributed by atoms with van der Waals surface area (Å²) in [6.45, 7) is 11.8. The van der Waals surface area contributed by atoms with Crippen molar-refractivity contribution in [1.29, 1.82) is 0 Å². The molecule has 0 aromatic heterocycles. The average Bonchev–Trinajstić information content (AvgIpc) is 2.45. The Kier molecular flexibility index (Phi) is 5.31. The van der Waals surface area contributed by atoms with Crippen molar-refractivity contribution in [3.8, 4) is 0 Å². The molecule has 1 aliphatic heterocycles. The summed E-state index contributed by atoms with van der Waals surface area (Å²) in [5.74, 6) is -0.544. The van der Waals surface area contributed by atoms with E-state index in [1.807, 2.05) is 24.1 Å². The van der Waals surface area contributed by atoms with Crippen LogP contribution < -0.4 is 0 Å². The number of hydroxylamine groups is 2. The fourth-order valence-corrected chi connectivity index (χ4v) is 3.54. The number of hydrogen-bond donors (Lipinski definition) is 0. The molecular formula is C20H29NO3. The lowest BCUT2D eigenvalue weighted by Crippen LogP contribution is -2.60. The number of ketones is 2. The van der Waals surface area contributed by atoms with Gasteiger partial charge in [0.1, 0.15) is 0 Å². The lowest BCUT2D eigenvalue weighted by molar-refractivity contribution is -0.289. The predicted molar refractivity (Wildman–Crippen MR) is 94.9 cm³/mol. The molecule has 0 amide bonds. The quantitative estimate of drug-likeness (QED) is 0.602. The zero-order valence-electron chi connectivity index (χ0n) is 15.7. The second-order valence-corrected chi connectivity index (χ2v) is 8.10. The molecule has 1 atom stereocenters. The summed E-state index contributed by atoms with van der Waals surface area (Å²) in [5, 5.41) is 1.88. The van der Waals surface area contributed by atoms with Crippen LogP contribution in [0.15, 0.2) is 24.3 Å². The number of aryl methyl sites for hydroxylation is 1. The van der Waals surface area contributed by atoms with Gasteiger partial charge >= 0.3 is 0 Å². The second-order valence-electron chi connectivity index (χ2n) is 8.10. The third-order valence-corrected chi connectivity index (χ3v) is 4.83. The molecule has 1 aliphatic rings. The molecule has 2 rings (SSSR count). The minimum atomic E-state index is -1.09. The first-order chi connectivity index (χ1) is 11.0. The predicted octanol–water partition coefficient (Wildman–Crippen LogP) is 4.11. The van der Waals surface area contributed by atoms with E-state index in [4.69, 9.17) is 4.84 Å². The van der Waals surface area contributed by atoms with Crippen LogP contribution in [0.25, 0.3) is 0 Å². The first-order valence-electron chi connectivity index (χ1n) is 8.63. The van der Waals surface area contributed by atoms with E-state index in [1.54, 1.807) is 12.1 Å². The number of carbonyl (C=O) groups excluding carboxylic acids is 2. The Bertz CT molecular complexity index is 600. The number of carbonyl (C=O) groups is 2. The zero-order chi connectivity index (χ0) is 18.1. The number of nitrogens with zero attached hydrogens (tertiary/aromatic N) is 1. The van der Waals surface area contributed by atoms with E-state index in [-0.39, 0.29) is 22.6 Å². The Balaban J connectivity index is 2.29. The summed E-state index contributed by atoms with van der Waals surface area (Å²) < 4.78 is 0. The summed E-state index contributed by atoms with van der Waals surface area (Å²) in [4.78, 5) is 31.0. The van der Waals surface area contributed by atoms with E-state index < -0.39 is 6.10 Å². The van der Waals surface area contributed by atoms with E-state index in [0.29, 0.717) is 5.56 Å². The topological polar surface area (TPSA) is 46.6 Å². The van der Waals surface area contributed by atoms with Crippen LogP contribution in [-0.2, 0) is 9.63 Å². The van der Waals surface area contributed by atoms with Crippen LogP contribution in [-0.4, -0.2) is 33.8 Å². The Labute approximate surface area is 145 Å². The highest BCUT2D eigenvalue weighted by Crippen LogP contribution is 2.39. The van der Waals surface area contributed by atoms with Gasteiger partial charge in [0.05, 0.1) is 0 Å². The number of benzene rings is 1. The summed E-state index contributed by atoms with van der Waals surface area (Å²) >= 11 is 0. The average molecular weight is 331 g/mol. The van der Waals surface area contributed by atoms with Gasteiger partial charge in [-0.3, -0.25) is 14.4 Å². The molecule has 1 saturated heterocycles. The summed E-state index contributed by atoms with van der Waals surface area (Å²) in [7, 11) is 0. The highest BCUT2D eigenvalue weighted by atomic mass is 16.7. The van der Waals surface area contributed by atoms with Gasteiger partial charge in [0.15, 0.2) is 11.9 Å². The largest absolute Gasteiger partial charge is 0.296 e. The van der Waals surface area contributed by atoms with Gasteiger partial charge in [-0.05, 0) is 60.8 Å². The van der Waals surface area contributed by atoms with Gasteiger partial charge in [-0.15, -0.1) is 0 Å². The number of hydrogen-bond acceptors (Lipinski definition) is 4. The monoisotopic (exact) mass is 331 g/mol. The van der Waals surface area contributed by atoms with Crippen LogP contribution in [0.2, 0.25) is 0 Å². The Hall–Kier alpha value is -1.52. The fourth-order valence-electron chi connectivity index (χ4n) is 3.54. The molecule has 132 valence electrons. The lowest BCUT2D eigenvalue weighted by Gasteiger charge is -2.52. The normalized spacial score (nSPS) is 21.2. The standard InChI is InChI=1S/C20H29NO3/c1-14-8-10-16(11-9-14)17(23)18(15(2)22)24-21-19(3,4)12-7-13-20(21,5)6/h8-11,18H,7,12-13H2,1-6H3. The molecule has 4 heteroatoms. The minimum Gasteiger partial charge on any atom is -0.296 e. The van der Waals surface area contributed by atoms with E-state index >= 15 is 0 Å². The third-order valence-electron chi connectivity index (χ3n) is 4.83. The Morgan fingerprint density at radius 2 is 1.54 bits per heavy atom. The maximum absolute atomic E-state index is 12.8. The number of piperidine rings is 1. The molecule has 0 aliphatic carbocycles. The highest BCUT2D eigenvalue weighted by Gasteiger charge is 2.45. The first-order valence-corrected chi connectivity index (χ1v) is 8.63. The van der Waals surface area contributed by atoms with Crippen molar-refractivity contribution in [2.45, 2.75) is 78.0 Å². The highest BCUT2D eigenvalue weighted by molar-refractivity contribution is 6.12. The van der Waals surface area contributed by atoms with Crippen LogP contribution in [0.1, 0.15) is 69.8 Å². The van der Waals surface area contributed by atoms with Gasteiger partial charge in [0.2, 0.25) is 5.78 Å². The smallest absolute Gasteiger partial charge is 0.201 e. The first kappa shape index (κ1) is 18.8. The lowest BCUT2D eigenvalue weighted by atomic mass is 9.82. The number of Topliss-reactive ketones (excluding diaryl/α,β-unsaturated/α-hetero) is 2. The third kappa shape index (κ3) is 3.93. The van der Waals surface area contributed by atoms with E-state index in [1.165, 1.54) is 6.92 Å². The SMILES string of the molecule is CC(=O)C(ON1C(C)(C)CCCC1(C)C)C(=O)c1ccc(C)cc1. The van der Waals surface area contributed by atoms with Gasteiger partial charge in [-0.25, -0.2) is 0 Å². The molecule has 1 fully saturated rings. The molecule has 0 bridgehead atoms. The van der Waals surface area contributed by atoms with E-state index in [2.05, 4.69) is 27.7 Å². The zero-order valence-corrected chi connectivity index (χ0v) is 15.7. The maximum Gasteiger partial charge on any atom is 0.201 e. The van der Waals surface area contributed by atoms with Crippen molar-refractivity contribution in [3.63, 3.8) is 0 Å². The number of rotatable bonds is 5. The molecule has 24 heavy (non-hydrogen) atoms. The molecule has 0 radical (unpaired) electrons. The molecule has 4 nitrogen and oxygen atoms in total. The molecular weight excluding hydrogens is 302 g/mol. The molecule has 0 saturated carbocycles. The van der Waals surface area contributed by atoms with Crippen molar-refractivity contribution in [2.75, 3.05) is 0 Å².